The molecule has 1 aromatic rings. The number of ether oxygens (including phenoxy) is 1. The van der Waals surface area contributed by atoms with E-state index < -0.39 is 12.8 Å². The van der Waals surface area contributed by atoms with Gasteiger partial charge in [-0.1, -0.05) is 26.0 Å². The van der Waals surface area contributed by atoms with E-state index in [4.69, 9.17) is 4.74 Å². The van der Waals surface area contributed by atoms with Crippen molar-refractivity contribution in [3.05, 3.63) is 23.8 Å². The van der Waals surface area contributed by atoms with Crippen LogP contribution in [0.2, 0.25) is 0 Å². The van der Waals surface area contributed by atoms with Gasteiger partial charge in [0.05, 0.1) is 5.69 Å². The number of para-hydroxylation sites is 1. The molecule has 0 saturated carbocycles. The van der Waals surface area contributed by atoms with Crippen LogP contribution in [-0.2, 0) is 5.41 Å². The van der Waals surface area contributed by atoms with Crippen molar-refractivity contribution in [2.75, 3.05) is 18.5 Å². The molecular weight excluding hydrogens is 243 g/mol. The Morgan fingerprint density at radius 3 is 2.72 bits per heavy atom. The molecule has 0 radical (unpaired) electrons. The summed E-state index contributed by atoms with van der Waals surface area (Å²) in [6.07, 6.45) is -3.37. The van der Waals surface area contributed by atoms with E-state index in [2.05, 4.69) is 19.2 Å². The lowest BCUT2D eigenvalue weighted by atomic mass is 9.78. The normalized spacial score (nSPS) is 17.8. The minimum Gasteiger partial charge on any atom is -0.482 e. The number of halogens is 3. The van der Waals surface area contributed by atoms with Gasteiger partial charge < -0.3 is 10.1 Å². The van der Waals surface area contributed by atoms with Crippen LogP contribution in [0.15, 0.2) is 18.2 Å². The predicted octanol–water partition coefficient (Wildman–Crippen LogP) is 3.72. The van der Waals surface area contributed by atoms with E-state index in [1.807, 2.05) is 6.07 Å². The maximum Gasteiger partial charge on any atom is 0.422 e. The van der Waals surface area contributed by atoms with Crippen molar-refractivity contribution in [2.45, 2.75) is 31.9 Å². The molecule has 0 aromatic heterocycles. The highest BCUT2D eigenvalue weighted by Crippen LogP contribution is 2.41. The summed E-state index contributed by atoms with van der Waals surface area (Å²) in [7, 11) is 0. The standard InChI is InChI=1S/C13H16F3NO/c1-12(2)6-7-17-11-9(12)4-3-5-10(11)18-8-13(14,15)16/h3-5,17H,6-8H2,1-2H3. The molecule has 2 rings (SSSR count). The topological polar surface area (TPSA) is 21.3 Å². The zero-order valence-corrected chi connectivity index (χ0v) is 10.4. The average Bonchev–Trinajstić information content (AvgIpc) is 2.25. The van der Waals surface area contributed by atoms with Gasteiger partial charge in [-0.3, -0.25) is 0 Å². The highest BCUT2D eigenvalue weighted by molar-refractivity contribution is 5.65. The molecule has 0 saturated heterocycles. The van der Waals surface area contributed by atoms with Gasteiger partial charge in [0.2, 0.25) is 0 Å². The van der Waals surface area contributed by atoms with Crippen molar-refractivity contribution in [3.63, 3.8) is 0 Å². The fourth-order valence-corrected chi connectivity index (χ4v) is 2.19. The molecule has 0 aliphatic carbocycles. The molecular formula is C13H16F3NO. The van der Waals surface area contributed by atoms with Crippen LogP contribution in [-0.4, -0.2) is 19.3 Å². The Morgan fingerprint density at radius 1 is 1.33 bits per heavy atom. The Hall–Kier alpha value is -1.39. The third kappa shape index (κ3) is 2.71. The number of rotatable bonds is 2. The predicted molar refractivity (Wildman–Crippen MR) is 64.1 cm³/mol. The number of anilines is 1. The smallest absolute Gasteiger partial charge is 0.422 e. The fourth-order valence-electron chi connectivity index (χ4n) is 2.19. The van der Waals surface area contributed by atoms with Crippen molar-refractivity contribution >= 4 is 5.69 Å². The molecule has 0 unspecified atom stereocenters. The van der Waals surface area contributed by atoms with Gasteiger partial charge in [0.1, 0.15) is 5.75 Å². The van der Waals surface area contributed by atoms with Crippen LogP contribution in [0.5, 0.6) is 5.75 Å². The van der Waals surface area contributed by atoms with Gasteiger partial charge in [0, 0.05) is 6.54 Å². The monoisotopic (exact) mass is 259 g/mol. The van der Waals surface area contributed by atoms with Crippen LogP contribution < -0.4 is 10.1 Å². The molecule has 0 amide bonds. The zero-order chi connectivity index (χ0) is 13.4. The first-order chi connectivity index (χ1) is 8.30. The van der Waals surface area contributed by atoms with Crippen molar-refractivity contribution in [1.29, 1.82) is 0 Å². The summed E-state index contributed by atoms with van der Waals surface area (Å²) in [4.78, 5) is 0. The third-order valence-electron chi connectivity index (χ3n) is 3.20. The summed E-state index contributed by atoms with van der Waals surface area (Å²) >= 11 is 0. The number of benzene rings is 1. The SMILES string of the molecule is CC1(C)CCNc2c(OCC(F)(F)F)cccc21. The Bertz CT molecular complexity index is 440. The van der Waals surface area contributed by atoms with Crippen LogP contribution in [0.25, 0.3) is 0 Å². The maximum atomic E-state index is 12.2. The first-order valence-corrected chi connectivity index (χ1v) is 5.86. The van der Waals surface area contributed by atoms with E-state index in [1.54, 1.807) is 12.1 Å². The van der Waals surface area contributed by atoms with E-state index in [-0.39, 0.29) is 11.2 Å². The minimum absolute atomic E-state index is 0.0435. The van der Waals surface area contributed by atoms with Crippen molar-refractivity contribution in [1.82, 2.24) is 0 Å². The molecule has 1 N–H and O–H groups in total. The Morgan fingerprint density at radius 2 is 2.06 bits per heavy atom. The molecule has 2 nitrogen and oxygen atoms in total. The maximum absolute atomic E-state index is 12.2. The lowest BCUT2D eigenvalue weighted by Crippen LogP contribution is -2.29. The number of hydrogen-bond donors (Lipinski definition) is 1. The van der Waals surface area contributed by atoms with Crippen LogP contribution >= 0.6 is 0 Å². The van der Waals surface area contributed by atoms with E-state index >= 15 is 0 Å². The first-order valence-electron chi connectivity index (χ1n) is 5.86. The summed E-state index contributed by atoms with van der Waals surface area (Å²) in [5.74, 6) is 0.276. The Labute approximate surface area is 104 Å². The second-order valence-corrected chi connectivity index (χ2v) is 5.14. The Balaban J connectivity index is 2.28. The van der Waals surface area contributed by atoms with E-state index in [0.29, 0.717) is 5.69 Å². The third-order valence-corrected chi connectivity index (χ3v) is 3.20. The van der Waals surface area contributed by atoms with E-state index in [1.165, 1.54) is 0 Å². The number of hydrogen-bond acceptors (Lipinski definition) is 2. The van der Waals surface area contributed by atoms with Crippen LogP contribution in [0.1, 0.15) is 25.8 Å². The number of fused-ring (bicyclic) bond motifs is 1. The Kier molecular flexibility index (Phi) is 3.17. The van der Waals surface area contributed by atoms with Crippen molar-refractivity contribution < 1.29 is 17.9 Å². The van der Waals surface area contributed by atoms with Gasteiger partial charge >= 0.3 is 6.18 Å². The molecule has 0 fully saturated rings. The average molecular weight is 259 g/mol. The molecule has 1 aliphatic heterocycles. The van der Waals surface area contributed by atoms with Crippen molar-refractivity contribution in [3.8, 4) is 5.75 Å². The molecule has 1 aliphatic rings. The van der Waals surface area contributed by atoms with E-state index in [9.17, 15) is 13.2 Å². The van der Waals surface area contributed by atoms with Crippen LogP contribution in [0.3, 0.4) is 0 Å². The molecule has 18 heavy (non-hydrogen) atoms. The summed E-state index contributed by atoms with van der Waals surface area (Å²) in [6, 6.07) is 5.24. The summed E-state index contributed by atoms with van der Waals surface area (Å²) < 4.78 is 41.4. The van der Waals surface area contributed by atoms with Gasteiger partial charge in [-0.25, -0.2) is 0 Å². The van der Waals surface area contributed by atoms with Crippen LogP contribution in [0.4, 0.5) is 18.9 Å². The first kappa shape index (κ1) is 13.1. The summed E-state index contributed by atoms with van der Waals surface area (Å²) in [5, 5.41) is 3.13. The second kappa shape index (κ2) is 4.37. The molecule has 0 atom stereocenters. The fraction of sp³-hybridized carbons (Fsp3) is 0.538. The number of alkyl halides is 3. The largest absolute Gasteiger partial charge is 0.482 e. The molecule has 1 aromatic carbocycles. The van der Waals surface area contributed by atoms with Gasteiger partial charge in [0.15, 0.2) is 6.61 Å². The van der Waals surface area contributed by atoms with Crippen LogP contribution in [0, 0.1) is 0 Å². The molecule has 0 spiro atoms. The van der Waals surface area contributed by atoms with Gasteiger partial charge in [-0.15, -0.1) is 0 Å². The van der Waals surface area contributed by atoms with Gasteiger partial charge in [0.25, 0.3) is 0 Å². The lowest BCUT2D eigenvalue weighted by molar-refractivity contribution is -0.153. The summed E-state index contributed by atoms with van der Waals surface area (Å²) in [6.45, 7) is 3.65. The zero-order valence-electron chi connectivity index (χ0n) is 10.4. The lowest BCUT2D eigenvalue weighted by Gasteiger charge is -2.34. The van der Waals surface area contributed by atoms with Gasteiger partial charge in [-0.05, 0) is 23.5 Å². The molecule has 1 heterocycles. The highest BCUT2D eigenvalue weighted by atomic mass is 19.4. The van der Waals surface area contributed by atoms with E-state index in [0.717, 1.165) is 18.5 Å². The minimum atomic E-state index is -4.31. The quantitative estimate of drug-likeness (QED) is 0.874. The van der Waals surface area contributed by atoms with Gasteiger partial charge in [-0.2, -0.15) is 13.2 Å². The molecule has 100 valence electrons. The van der Waals surface area contributed by atoms with Crippen molar-refractivity contribution in [2.24, 2.45) is 0 Å². The number of nitrogens with one attached hydrogen (secondary N) is 1. The highest BCUT2D eigenvalue weighted by Gasteiger charge is 2.32. The molecule has 0 bridgehead atoms. The second-order valence-electron chi connectivity index (χ2n) is 5.14. The molecule has 5 heteroatoms. The summed E-state index contributed by atoms with van der Waals surface area (Å²) in [5.41, 5.74) is 1.66.